The van der Waals surface area contributed by atoms with Crippen LogP contribution >= 0.6 is 0 Å². The fraction of sp³-hybridized carbons (Fsp3) is 0.0833. The maximum Gasteiger partial charge on any atom is 0.354 e. The molecule has 1 N–H and O–H groups in total. The molecule has 6 heteroatoms. The van der Waals surface area contributed by atoms with E-state index in [-0.39, 0.29) is 18.1 Å². The van der Waals surface area contributed by atoms with E-state index in [1.165, 1.54) is 31.4 Å². The second kappa shape index (κ2) is 10.0. The van der Waals surface area contributed by atoms with E-state index in [1.807, 2.05) is 30.3 Å². The van der Waals surface area contributed by atoms with Crippen molar-refractivity contribution in [2.24, 2.45) is 0 Å². The molecule has 0 aromatic heterocycles. The van der Waals surface area contributed by atoms with Gasteiger partial charge in [0.2, 0.25) is 0 Å². The van der Waals surface area contributed by atoms with Gasteiger partial charge < -0.3 is 14.8 Å². The molecule has 0 unspecified atom stereocenters. The zero-order valence-electron chi connectivity index (χ0n) is 16.3. The van der Waals surface area contributed by atoms with Gasteiger partial charge in [-0.2, -0.15) is 0 Å². The monoisotopic (exact) mass is 405 g/mol. The van der Waals surface area contributed by atoms with Crippen LogP contribution in [-0.2, 0) is 16.1 Å². The zero-order chi connectivity index (χ0) is 21.3. The molecule has 152 valence electrons. The molecule has 0 fully saturated rings. The summed E-state index contributed by atoms with van der Waals surface area (Å²) in [6, 6.07) is 22.0. The molecule has 0 saturated carbocycles. The average molecular weight is 405 g/mol. The average Bonchev–Trinajstić information content (AvgIpc) is 2.79. The summed E-state index contributed by atoms with van der Waals surface area (Å²) in [6.07, 6.45) is 1.40. The topological polar surface area (TPSA) is 64.6 Å². The number of carbonyl (C=O) groups excluding carboxylic acids is 2. The van der Waals surface area contributed by atoms with Gasteiger partial charge in [0, 0.05) is 5.56 Å². The summed E-state index contributed by atoms with van der Waals surface area (Å²) in [6.45, 7) is 0.194. The number of hydrogen-bond acceptors (Lipinski definition) is 4. The van der Waals surface area contributed by atoms with Crippen molar-refractivity contribution in [2.45, 2.75) is 6.61 Å². The van der Waals surface area contributed by atoms with Crippen molar-refractivity contribution in [1.29, 1.82) is 0 Å². The van der Waals surface area contributed by atoms with E-state index in [2.05, 4.69) is 5.32 Å². The highest BCUT2D eigenvalue weighted by atomic mass is 19.1. The van der Waals surface area contributed by atoms with Gasteiger partial charge in [-0.15, -0.1) is 0 Å². The largest absolute Gasteiger partial charge is 0.486 e. The van der Waals surface area contributed by atoms with Gasteiger partial charge in [0.05, 0.1) is 7.11 Å². The molecule has 0 saturated heterocycles. The van der Waals surface area contributed by atoms with E-state index < -0.39 is 17.7 Å². The first kappa shape index (κ1) is 20.8. The molecule has 1 amide bonds. The second-order valence-electron chi connectivity index (χ2n) is 6.33. The lowest BCUT2D eigenvalue weighted by atomic mass is 10.1. The molecule has 30 heavy (non-hydrogen) atoms. The first-order chi connectivity index (χ1) is 14.6. The number of benzene rings is 3. The number of amides is 1. The normalized spacial score (nSPS) is 10.9. The van der Waals surface area contributed by atoms with Gasteiger partial charge in [-0.05, 0) is 41.5 Å². The van der Waals surface area contributed by atoms with Gasteiger partial charge in [-0.1, -0.05) is 54.6 Å². The summed E-state index contributed by atoms with van der Waals surface area (Å²) in [4.78, 5) is 24.5. The third-order valence-electron chi connectivity index (χ3n) is 4.19. The second-order valence-corrected chi connectivity index (χ2v) is 6.33. The molecule has 0 atom stereocenters. The van der Waals surface area contributed by atoms with Gasteiger partial charge in [0.15, 0.2) is 11.6 Å². The van der Waals surface area contributed by atoms with E-state index >= 15 is 0 Å². The number of carbonyl (C=O) groups is 2. The highest BCUT2D eigenvalue weighted by molar-refractivity contribution is 6.03. The van der Waals surface area contributed by atoms with Crippen LogP contribution in [0, 0.1) is 5.82 Å². The summed E-state index contributed by atoms with van der Waals surface area (Å²) >= 11 is 0. The lowest BCUT2D eigenvalue weighted by Gasteiger charge is -2.10. The predicted octanol–water partition coefficient (Wildman–Crippen LogP) is 4.35. The Morgan fingerprint density at radius 1 is 0.967 bits per heavy atom. The Hall–Kier alpha value is -3.93. The van der Waals surface area contributed by atoms with Crippen LogP contribution in [-0.4, -0.2) is 19.0 Å². The maximum atomic E-state index is 14.2. The minimum Gasteiger partial charge on any atom is -0.486 e. The molecule has 0 aliphatic carbocycles. The van der Waals surface area contributed by atoms with Crippen LogP contribution in [0.5, 0.6) is 5.75 Å². The number of rotatable bonds is 7. The van der Waals surface area contributed by atoms with Crippen LogP contribution in [0.4, 0.5) is 4.39 Å². The third-order valence-corrected chi connectivity index (χ3v) is 4.19. The fourth-order valence-electron chi connectivity index (χ4n) is 2.66. The molecule has 0 radical (unpaired) electrons. The van der Waals surface area contributed by atoms with Gasteiger partial charge in [-0.25, -0.2) is 9.18 Å². The lowest BCUT2D eigenvalue weighted by molar-refractivity contribution is -0.136. The highest BCUT2D eigenvalue weighted by Crippen LogP contribution is 2.22. The fourth-order valence-corrected chi connectivity index (χ4v) is 2.66. The van der Waals surface area contributed by atoms with Crippen LogP contribution in [0.3, 0.4) is 0 Å². The van der Waals surface area contributed by atoms with E-state index in [0.717, 1.165) is 5.56 Å². The number of halogens is 1. The maximum absolute atomic E-state index is 14.2. The Labute approximate surface area is 173 Å². The number of ether oxygens (including phenoxy) is 2. The van der Waals surface area contributed by atoms with Gasteiger partial charge in [0.1, 0.15) is 12.3 Å². The smallest absolute Gasteiger partial charge is 0.354 e. The number of nitrogens with one attached hydrogen (secondary N) is 1. The molecule has 5 nitrogen and oxygen atoms in total. The van der Waals surface area contributed by atoms with Crippen molar-refractivity contribution in [1.82, 2.24) is 5.32 Å². The van der Waals surface area contributed by atoms with Gasteiger partial charge in [-0.3, -0.25) is 4.79 Å². The van der Waals surface area contributed by atoms with E-state index in [1.54, 1.807) is 30.3 Å². The molecular formula is C24H20FNO4. The molecule has 0 aliphatic heterocycles. The van der Waals surface area contributed by atoms with Crippen molar-refractivity contribution < 1.29 is 23.5 Å². The highest BCUT2D eigenvalue weighted by Gasteiger charge is 2.15. The van der Waals surface area contributed by atoms with Crippen LogP contribution < -0.4 is 10.1 Å². The first-order valence-electron chi connectivity index (χ1n) is 9.19. The van der Waals surface area contributed by atoms with E-state index in [0.29, 0.717) is 11.1 Å². The number of methoxy groups -OCH3 is 1. The van der Waals surface area contributed by atoms with Crippen LogP contribution in [0.25, 0.3) is 6.08 Å². The molecule has 3 rings (SSSR count). The Bertz CT molecular complexity index is 1050. The lowest BCUT2D eigenvalue weighted by Crippen LogP contribution is -2.28. The number of hydrogen-bond donors (Lipinski definition) is 1. The van der Waals surface area contributed by atoms with E-state index in [4.69, 9.17) is 9.47 Å². The molecule has 0 spiro atoms. The molecule has 0 aliphatic rings. The first-order valence-corrected chi connectivity index (χ1v) is 9.19. The summed E-state index contributed by atoms with van der Waals surface area (Å²) in [5.41, 5.74) is 1.67. The quantitative estimate of drug-likeness (QED) is 0.469. The zero-order valence-corrected chi connectivity index (χ0v) is 16.3. The molecule has 3 aromatic rings. The minimum atomic E-state index is -0.727. The number of esters is 1. The SMILES string of the molecule is COC(=O)C(=Cc1ccc(F)c(OCc2ccccc2)c1)NC(=O)c1ccccc1. The Kier molecular flexibility index (Phi) is 6.95. The summed E-state index contributed by atoms with van der Waals surface area (Å²) < 4.78 is 24.5. The summed E-state index contributed by atoms with van der Waals surface area (Å²) in [7, 11) is 1.21. The predicted molar refractivity (Wildman–Crippen MR) is 111 cm³/mol. The Morgan fingerprint density at radius 3 is 2.30 bits per heavy atom. The third kappa shape index (κ3) is 5.54. The molecule has 0 bridgehead atoms. The van der Waals surface area contributed by atoms with E-state index in [9.17, 15) is 14.0 Å². The van der Waals surface area contributed by atoms with Crippen molar-refractivity contribution >= 4 is 18.0 Å². The summed E-state index contributed by atoms with van der Waals surface area (Å²) in [5, 5.41) is 2.54. The van der Waals surface area contributed by atoms with Gasteiger partial charge in [0.25, 0.3) is 5.91 Å². The molecule has 3 aromatic carbocycles. The molecular weight excluding hydrogens is 385 g/mol. The minimum absolute atomic E-state index is 0.0335. The van der Waals surface area contributed by atoms with Crippen LogP contribution in [0.2, 0.25) is 0 Å². The molecule has 0 heterocycles. The van der Waals surface area contributed by atoms with Crippen molar-refractivity contribution in [3.63, 3.8) is 0 Å². The Balaban J connectivity index is 1.81. The van der Waals surface area contributed by atoms with Crippen LogP contribution in [0.15, 0.2) is 84.6 Å². The Morgan fingerprint density at radius 2 is 1.63 bits per heavy atom. The van der Waals surface area contributed by atoms with Crippen molar-refractivity contribution in [3.8, 4) is 5.75 Å². The van der Waals surface area contributed by atoms with Crippen molar-refractivity contribution in [2.75, 3.05) is 7.11 Å². The summed E-state index contributed by atoms with van der Waals surface area (Å²) in [5.74, 6) is -1.69. The van der Waals surface area contributed by atoms with Gasteiger partial charge >= 0.3 is 5.97 Å². The van der Waals surface area contributed by atoms with Crippen LogP contribution in [0.1, 0.15) is 21.5 Å². The standard InChI is InChI=1S/C24H20FNO4/c1-29-24(28)21(26-23(27)19-10-6-3-7-11-19)14-18-12-13-20(25)22(15-18)30-16-17-8-4-2-5-9-17/h2-15H,16H2,1H3,(H,26,27). The van der Waals surface area contributed by atoms with Crippen molar-refractivity contribution in [3.05, 3.63) is 107 Å².